The Bertz CT molecular complexity index is 642. The van der Waals surface area contributed by atoms with Gasteiger partial charge in [0.2, 0.25) is 9.70 Å². The first-order valence-electron chi connectivity index (χ1n) is 8.36. The van der Waals surface area contributed by atoms with E-state index in [2.05, 4.69) is 22.9 Å². The number of unbranched alkanes of at least 4 members (excludes halogenated alkanes) is 2. The van der Waals surface area contributed by atoms with E-state index in [1.54, 1.807) is 25.3 Å². The molecule has 0 saturated heterocycles. The second kappa shape index (κ2) is 11.6. The summed E-state index contributed by atoms with van der Waals surface area (Å²) in [4.78, 5) is 12.1. The van der Waals surface area contributed by atoms with Crippen molar-refractivity contribution < 1.29 is 14.3 Å². The van der Waals surface area contributed by atoms with Crippen molar-refractivity contribution in [1.29, 1.82) is 0 Å². The molecule has 6 nitrogen and oxygen atoms in total. The lowest BCUT2D eigenvalue weighted by atomic mass is 10.2. The van der Waals surface area contributed by atoms with Crippen molar-refractivity contribution in [2.24, 2.45) is 0 Å². The van der Waals surface area contributed by atoms with Crippen LogP contribution in [0.3, 0.4) is 0 Å². The second-order valence-electron chi connectivity index (χ2n) is 5.66. The number of alkyl halides is 3. The van der Waals surface area contributed by atoms with Crippen molar-refractivity contribution in [1.82, 2.24) is 10.6 Å². The predicted octanol–water partition coefficient (Wildman–Crippen LogP) is 4.38. The molecule has 0 bridgehead atoms. The summed E-state index contributed by atoms with van der Waals surface area (Å²) in [5.74, 6) is 0.936. The van der Waals surface area contributed by atoms with Crippen molar-refractivity contribution in [3.8, 4) is 11.5 Å². The van der Waals surface area contributed by atoms with E-state index < -0.39 is 9.96 Å². The van der Waals surface area contributed by atoms with Crippen LogP contribution in [0, 0.1) is 0 Å². The molecule has 0 unspecified atom stereocenters. The highest BCUT2D eigenvalue weighted by molar-refractivity contribution is 7.80. The van der Waals surface area contributed by atoms with Crippen LogP contribution in [0.2, 0.25) is 0 Å². The zero-order valence-corrected chi connectivity index (χ0v) is 18.5. The Kier molecular flexibility index (Phi) is 10.3. The number of rotatable bonds is 9. The Balaban J connectivity index is 2.78. The summed E-state index contributed by atoms with van der Waals surface area (Å²) in [5, 5.41) is 8.56. The predicted molar refractivity (Wildman–Crippen MR) is 115 cm³/mol. The van der Waals surface area contributed by atoms with Crippen molar-refractivity contribution in [3.05, 3.63) is 18.2 Å². The molecule has 1 aromatic rings. The molecule has 0 aromatic heterocycles. The number of hydrogen-bond donors (Lipinski definition) is 3. The summed E-state index contributed by atoms with van der Waals surface area (Å²) in [6.45, 7) is 2.06. The first-order valence-corrected chi connectivity index (χ1v) is 9.91. The molecule has 1 atom stereocenters. The Morgan fingerprint density at radius 1 is 1.19 bits per heavy atom. The molecule has 10 heteroatoms. The average molecular weight is 457 g/mol. The number of halogens is 3. The van der Waals surface area contributed by atoms with E-state index >= 15 is 0 Å². The van der Waals surface area contributed by atoms with E-state index in [9.17, 15) is 4.79 Å². The minimum Gasteiger partial charge on any atom is -0.497 e. The lowest BCUT2D eigenvalue weighted by molar-refractivity contribution is -0.122. The highest BCUT2D eigenvalue weighted by atomic mass is 35.6. The number of anilines is 1. The van der Waals surface area contributed by atoms with Crippen LogP contribution in [0.1, 0.15) is 32.6 Å². The van der Waals surface area contributed by atoms with Gasteiger partial charge in [0.25, 0.3) is 0 Å². The lowest BCUT2D eigenvalue weighted by Gasteiger charge is -2.28. The number of nitrogens with one attached hydrogen (secondary N) is 3. The van der Waals surface area contributed by atoms with E-state index in [1.807, 2.05) is 0 Å². The zero-order chi connectivity index (χ0) is 20.4. The van der Waals surface area contributed by atoms with Gasteiger partial charge in [-0.25, -0.2) is 0 Å². The van der Waals surface area contributed by atoms with Crippen molar-refractivity contribution in [3.63, 3.8) is 0 Å². The van der Waals surface area contributed by atoms with E-state index in [1.165, 1.54) is 7.11 Å². The van der Waals surface area contributed by atoms with Crippen molar-refractivity contribution in [2.75, 3.05) is 19.5 Å². The van der Waals surface area contributed by atoms with E-state index in [0.717, 1.165) is 19.3 Å². The summed E-state index contributed by atoms with van der Waals surface area (Å²) in [7, 11) is 3.08. The Labute approximate surface area is 180 Å². The van der Waals surface area contributed by atoms with Gasteiger partial charge >= 0.3 is 0 Å². The highest BCUT2D eigenvalue weighted by Gasteiger charge is 2.34. The molecule has 0 spiro atoms. The Morgan fingerprint density at radius 3 is 2.44 bits per heavy atom. The fourth-order valence-corrected chi connectivity index (χ4v) is 2.72. The quantitative estimate of drug-likeness (QED) is 0.222. The standard InChI is InChI=1S/C17H24Cl3N3O3S/c1-4-5-6-7-14(24)22-15(17(18,19)20)23-16(27)21-12-10-11(25-2)8-9-13(12)26-3/h8-10,15H,4-7H2,1-3H3,(H,22,24)(H2,21,23,27)/t15-/m1/s1. The lowest BCUT2D eigenvalue weighted by Crippen LogP contribution is -2.56. The van der Waals surface area contributed by atoms with Crippen molar-refractivity contribution in [2.45, 2.75) is 42.6 Å². The van der Waals surface area contributed by atoms with Gasteiger partial charge in [-0.3, -0.25) is 4.79 Å². The maximum absolute atomic E-state index is 12.1. The molecule has 1 rings (SSSR count). The van der Waals surface area contributed by atoms with Gasteiger partial charge in [0, 0.05) is 12.5 Å². The SMILES string of the molecule is CCCCCC(=O)N[C@H](NC(=S)Nc1cc(OC)ccc1OC)C(Cl)(Cl)Cl. The van der Waals surface area contributed by atoms with Gasteiger partial charge in [0.15, 0.2) is 5.11 Å². The molecule has 0 aliphatic carbocycles. The molecular formula is C17H24Cl3N3O3S. The Morgan fingerprint density at radius 2 is 1.89 bits per heavy atom. The van der Waals surface area contributed by atoms with Crippen LogP contribution in [0.25, 0.3) is 0 Å². The third-order valence-electron chi connectivity index (χ3n) is 3.57. The van der Waals surface area contributed by atoms with Gasteiger partial charge in [-0.15, -0.1) is 0 Å². The summed E-state index contributed by atoms with van der Waals surface area (Å²) >= 11 is 23.2. The zero-order valence-electron chi connectivity index (χ0n) is 15.4. The van der Waals surface area contributed by atoms with Crippen LogP contribution in [0.4, 0.5) is 5.69 Å². The molecule has 0 radical (unpaired) electrons. The summed E-state index contributed by atoms with van der Waals surface area (Å²) in [6, 6.07) is 5.19. The fourth-order valence-electron chi connectivity index (χ4n) is 2.17. The number of methoxy groups -OCH3 is 2. The molecule has 152 valence electrons. The number of carbonyl (C=O) groups excluding carboxylic acids is 1. The van der Waals surface area contributed by atoms with Gasteiger partial charge in [-0.2, -0.15) is 0 Å². The van der Waals surface area contributed by atoms with E-state index in [-0.39, 0.29) is 11.0 Å². The number of carbonyl (C=O) groups is 1. The Hall–Kier alpha value is -1.15. The average Bonchev–Trinajstić information content (AvgIpc) is 2.60. The topological polar surface area (TPSA) is 71.6 Å². The smallest absolute Gasteiger partial charge is 0.228 e. The molecule has 1 aromatic carbocycles. The van der Waals surface area contributed by atoms with Crippen LogP contribution < -0.4 is 25.4 Å². The van der Waals surface area contributed by atoms with Gasteiger partial charge < -0.3 is 25.4 Å². The van der Waals surface area contributed by atoms with Crippen LogP contribution in [-0.4, -0.2) is 35.2 Å². The van der Waals surface area contributed by atoms with Crippen molar-refractivity contribution >= 4 is 63.7 Å². The normalized spacial score (nSPS) is 12.1. The summed E-state index contributed by atoms with van der Waals surface area (Å²) in [6.07, 6.45) is 2.06. The number of ether oxygens (including phenoxy) is 2. The first kappa shape index (κ1) is 23.9. The minimum absolute atomic E-state index is 0.145. The summed E-state index contributed by atoms with van der Waals surface area (Å²) in [5.41, 5.74) is 0.562. The van der Waals surface area contributed by atoms with Gasteiger partial charge in [-0.1, -0.05) is 54.6 Å². The molecule has 3 N–H and O–H groups in total. The maximum Gasteiger partial charge on any atom is 0.228 e. The van der Waals surface area contributed by atoms with Gasteiger partial charge in [-0.05, 0) is 30.8 Å². The molecule has 1 amide bonds. The first-order chi connectivity index (χ1) is 12.7. The molecule has 27 heavy (non-hydrogen) atoms. The molecule has 0 heterocycles. The minimum atomic E-state index is -1.80. The van der Waals surface area contributed by atoms with E-state index in [4.69, 9.17) is 56.5 Å². The molecule has 0 saturated carbocycles. The maximum atomic E-state index is 12.1. The van der Waals surface area contributed by atoms with Crippen LogP contribution in [0.15, 0.2) is 18.2 Å². The molecular weight excluding hydrogens is 433 g/mol. The highest BCUT2D eigenvalue weighted by Crippen LogP contribution is 2.31. The third kappa shape index (κ3) is 8.60. The number of hydrogen-bond acceptors (Lipinski definition) is 4. The number of benzene rings is 1. The molecule has 0 fully saturated rings. The number of thiocarbonyl (C=S) groups is 1. The van der Waals surface area contributed by atoms with E-state index in [0.29, 0.717) is 23.6 Å². The molecule has 0 aliphatic heterocycles. The van der Waals surface area contributed by atoms with Crippen LogP contribution in [0.5, 0.6) is 11.5 Å². The molecule has 0 aliphatic rings. The third-order valence-corrected chi connectivity index (χ3v) is 4.44. The summed E-state index contributed by atoms with van der Waals surface area (Å²) < 4.78 is 8.67. The second-order valence-corrected chi connectivity index (χ2v) is 8.44. The van der Waals surface area contributed by atoms with Gasteiger partial charge in [0.1, 0.15) is 17.7 Å². The largest absolute Gasteiger partial charge is 0.497 e. The van der Waals surface area contributed by atoms with Crippen LogP contribution >= 0.6 is 47.0 Å². The monoisotopic (exact) mass is 455 g/mol. The van der Waals surface area contributed by atoms with Gasteiger partial charge in [0.05, 0.1) is 19.9 Å². The number of amides is 1. The fraction of sp³-hybridized carbons (Fsp3) is 0.529. The van der Waals surface area contributed by atoms with Crippen LogP contribution in [-0.2, 0) is 4.79 Å².